The normalized spacial score (nSPS) is 25.9. The number of nitrogens with zero attached hydrogens (tertiary/aromatic N) is 1. The second kappa shape index (κ2) is 10.0. The average Bonchev–Trinajstić information content (AvgIpc) is 3.36. The molecule has 0 bridgehead atoms. The van der Waals surface area contributed by atoms with Crippen LogP contribution in [-0.2, 0) is 5.41 Å². The van der Waals surface area contributed by atoms with Crippen molar-refractivity contribution in [3.8, 4) is 0 Å². The van der Waals surface area contributed by atoms with Crippen molar-refractivity contribution in [2.75, 3.05) is 18.1 Å². The number of carboxylic acid groups (broad SMARTS) is 1. The largest absolute Gasteiger partial charge is 0.478 e. The highest BCUT2D eigenvalue weighted by Gasteiger charge is 2.51. The highest BCUT2D eigenvalue weighted by molar-refractivity contribution is 7.72. The van der Waals surface area contributed by atoms with Crippen LogP contribution < -0.4 is 15.5 Å². The van der Waals surface area contributed by atoms with Gasteiger partial charge in [0.25, 0.3) is 0 Å². The first-order chi connectivity index (χ1) is 17.3. The van der Waals surface area contributed by atoms with E-state index in [0.717, 1.165) is 29.1 Å². The van der Waals surface area contributed by atoms with Gasteiger partial charge in [0.15, 0.2) is 0 Å². The Morgan fingerprint density at radius 2 is 1.47 bits per heavy atom. The Morgan fingerprint density at radius 1 is 0.917 bits per heavy atom. The summed E-state index contributed by atoms with van der Waals surface area (Å²) in [4.78, 5) is 13.8. The molecule has 36 heavy (non-hydrogen) atoms. The van der Waals surface area contributed by atoms with Gasteiger partial charge in [-0.15, -0.1) is 0 Å². The summed E-state index contributed by atoms with van der Waals surface area (Å²) in [7, 11) is -0.449. The van der Waals surface area contributed by atoms with Gasteiger partial charge in [0, 0.05) is 12.2 Å². The fourth-order valence-corrected chi connectivity index (χ4v) is 8.71. The van der Waals surface area contributed by atoms with Crippen LogP contribution in [-0.4, -0.2) is 24.3 Å². The molecule has 1 N–H and O–H groups in total. The molecule has 2 aliphatic carbocycles. The molecule has 5 rings (SSSR count). The minimum atomic E-state index is -0.897. The standard InChI is InChI=1S/C32H38NO2P/c1-5-33(30-9-7-6-8-29(30)31(34)35)26-12-16-28(17-13-26)36(4)27-14-10-24(11-15-27)32-20-22(2)18-25(32)19-23(3)21-32/h6-17,22-23,25H,5,18-21H2,1-4H3,(H,34,35). The highest BCUT2D eigenvalue weighted by Crippen LogP contribution is 2.59. The predicted molar refractivity (Wildman–Crippen MR) is 153 cm³/mol. The molecule has 3 nitrogen and oxygen atoms in total. The molecule has 0 amide bonds. The summed E-state index contributed by atoms with van der Waals surface area (Å²) < 4.78 is 0. The van der Waals surface area contributed by atoms with Crippen molar-refractivity contribution in [2.24, 2.45) is 17.8 Å². The van der Waals surface area contributed by atoms with Crippen molar-refractivity contribution >= 4 is 35.9 Å². The maximum atomic E-state index is 11.8. The number of rotatable bonds is 7. The molecule has 0 saturated heterocycles. The lowest BCUT2D eigenvalue weighted by molar-refractivity contribution is 0.0697. The monoisotopic (exact) mass is 499 g/mol. The van der Waals surface area contributed by atoms with Gasteiger partial charge < -0.3 is 10.0 Å². The molecule has 0 radical (unpaired) electrons. The maximum Gasteiger partial charge on any atom is 0.337 e. The number of hydrogen-bond donors (Lipinski definition) is 1. The van der Waals surface area contributed by atoms with Crippen LogP contribution >= 0.6 is 7.92 Å². The van der Waals surface area contributed by atoms with Crippen LogP contribution in [0.15, 0.2) is 72.8 Å². The molecule has 0 heterocycles. The van der Waals surface area contributed by atoms with E-state index in [2.05, 4.69) is 80.9 Å². The molecule has 2 fully saturated rings. The second-order valence-corrected chi connectivity index (χ2v) is 13.3. The van der Waals surface area contributed by atoms with Crippen LogP contribution in [0.4, 0.5) is 11.4 Å². The molecule has 0 aliphatic heterocycles. The summed E-state index contributed by atoms with van der Waals surface area (Å²) >= 11 is 0. The van der Waals surface area contributed by atoms with Crippen molar-refractivity contribution < 1.29 is 9.90 Å². The van der Waals surface area contributed by atoms with Gasteiger partial charge in [-0.2, -0.15) is 0 Å². The van der Waals surface area contributed by atoms with Gasteiger partial charge in [-0.05, 0) is 111 Å². The van der Waals surface area contributed by atoms with Gasteiger partial charge in [0.1, 0.15) is 0 Å². The van der Waals surface area contributed by atoms with Crippen LogP contribution in [0.5, 0.6) is 0 Å². The van der Waals surface area contributed by atoms with Gasteiger partial charge in [-0.3, -0.25) is 0 Å². The fourth-order valence-electron chi connectivity index (χ4n) is 7.22. The van der Waals surface area contributed by atoms with Gasteiger partial charge in [0.2, 0.25) is 0 Å². The predicted octanol–water partition coefficient (Wildman–Crippen LogP) is 7.32. The van der Waals surface area contributed by atoms with E-state index in [1.54, 1.807) is 17.7 Å². The molecular formula is C32H38NO2P. The molecule has 0 aromatic heterocycles. The van der Waals surface area contributed by atoms with E-state index in [9.17, 15) is 9.90 Å². The smallest absolute Gasteiger partial charge is 0.337 e. The zero-order valence-corrected chi connectivity index (χ0v) is 22.8. The highest BCUT2D eigenvalue weighted by atomic mass is 31.1. The lowest BCUT2D eigenvalue weighted by Crippen LogP contribution is -2.26. The quantitative estimate of drug-likeness (QED) is 0.346. The van der Waals surface area contributed by atoms with E-state index in [1.807, 2.05) is 12.1 Å². The van der Waals surface area contributed by atoms with Crippen LogP contribution in [0.3, 0.4) is 0 Å². The van der Waals surface area contributed by atoms with E-state index in [-0.39, 0.29) is 0 Å². The number of aromatic carboxylic acids is 1. The van der Waals surface area contributed by atoms with E-state index in [1.165, 1.54) is 36.3 Å². The van der Waals surface area contributed by atoms with Crippen LogP contribution in [0.25, 0.3) is 0 Å². The van der Waals surface area contributed by atoms with Crippen molar-refractivity contribution in [3.05, 3.63) is 83.9 Å². The van der Waals surface area contributed by atoms with E-state index < -0.39 is 13.9 Å². The number of carboxylic acids is 1. The Morgan fingerprint density at radius 3 is 2.03 bits per heavy atom. The third kappa shape index (κ3) is 4.48. The van der Waals surface area contributed by atoms with Crippen LogP contribution in [0, 0.1) is 17.8 Å². The number of para-hydroxylation sites is 1. The first-order valence-corrected chi connectivity index (χ1v) is 15.2. The summed E-state index contributed by atoms with van der Waals surface area (Å²) in [6, 6.07) is 25.6. The van der Waals surface area contributed by atoms with Gasteiger partial charge in [-0.25, -0.2) is 4.79 Å². The Balaban J connectivity index is 1.36. The minimum absolute atomic E-state index is 0.330. The number of benzene rings is 3. The van der Waals surface area contributed by atoms with Crippen LogP contribution in [0.2, 0.25) is 0 Å². The molecule has 3 unspecified atom stereocenters. The lowest BCUT2D eigenvalue weighted by Gasteiger charge is -2.31. The van der Waals surface area contributed by atoms with Crippen molar-refractivity contribution in [2.45, 2.75) is 51.9 Å². The van der Waals surface area contributed by atoms with E-state index >= 15 is 0 Å². The Kier molecular flexibility index (Phi) is 6.97. The molecule has 2 saturated carbocycles. The number of fused-ring (bicyclic) bond motifs is 1. The Hall–Kier alpha value is -2.64. The fraction of sp³-hybridized carbons (Fsp3) is 0.406. The van der Waals surface area contributed by atoms with Crippen molar-refractivity contribution in [1.29, 1.82) is 0 Å². The van der Waals surface area contributed by atoms with Crippen molar-refractivity contribution in [3.63, 3.8) is 0 Å². The Labute approximate surface area is 217 Å². The number of carbonyl (C=O) groups is 1. The molecular weight excluding hydrogens is 461 g/mol. The molecule has 0 spiro atoms. The van der Waals surface area contributed by atoms with Gasteiger partial charge >= 0.3 is 5.97 Å². The lowest BCUT2D eigenvalue weighted by atomic mass is 9.74. The summed E-state index contributed by atoms with van der Waals surface area (Å²) in [5, 5.41) is 12.4. The average molecular weight is 500 g/mol. The van der Waals surface area contributed by atoms with E-state index in [0.29, 0.717) is 17.5 Å². The summed E-state index contributed by atoms with van der Waals surface area (Å²) in [5.41, 5.74) is 4.06. The van der Waals surface area contributed by atoms with Crippen molar-refractivity contribution in [1.82, 2.24) is 0 Å². The topological polar surface area (TPSA) is 40.5 Å². The molecule has 3 aromatic carbocycles. The molecule has 3 atom stereocenters. The first-order valence-electron chi connectivity index (χ1n) is 13.4. The molecule has 4 heteroatoms. The van der Waals surface area contributed by atoms with Gasteiger partial charge in [0.05, 0.1) is 11.3 Å². The van der Waals surface area contributed by atoms with Crippen LogP contribution in [0.1, 0.15) is 62.4 Å². The third-order valence-corrected chi connectivity index (χ3v) is 10.8. The Bertz CT molecular complexity index is 1210. The SMILES string of the molecule is CCN(c1ccc(P(C)c2ccc(C34CC(C)CC3CC(C)C4)cc2)cc1)c1ccccc1C(=O)O. The second-order valence-electron chi connectivity index (χ2n) is 11.1. The van der Waals surface area contributed by atoms with E-state index in [4.69, 9.17) is 0 Å². The van der Waals surface area contributed by atoms with Gasteiger partial charge in [-0.1, -0.05) is 62.4 Å². The zero-order chi connectivity index (χ0) is 25.4. The third-order valence-electron chi connectivity index (χ3n) is 8.70. The molecule has 3 aromatic rings. The molecule has 2 aliphatic rings. The number of hydrogen-bond acceptors (Lipinski definition) is 2. The zero-order valence-electron chi connectivity index (χ0n) is 21.9. The minimum Gasteiger partial charge on any atom is -0.478 e. The summed E-state index contributed by atoms with van der Waals surface area (Å²) in [6.45, 7) is 9.97. The summed E-state index contributed by atoms with van der Waals surface area (Å²) in [6.07, 6.45) is 5.49. The summed E-state index contributed by atoms with van der Waals surface area (Å²) in [5.74, 6) is 1.64. The first kappa shape index (κ1) is 25.0. The maximum absolute atomic E-state index is 11.8. The molecule has 188 valence electrons. The number of anilines is 2.